The summed E-state index contributed by atoms with van der Waals surface area (Å²) in [6.45, 7) is 0. The molecule has 0 aromatic carbocycles. The third-order valence-electron chi connectivity index (χ3n) is 2.88. The molecule has 2 aromatic rings. The highest BCUT2D eigenvalue weighted by Crippen LogP contribution is 2.33. The van der Waals surface area contributed by atoms with E-state index in [1.807, 2.05) is 6.08 Å². The molecule has 92 valence electrons. The first-order valence-corrected chi connectivity index (χ1v) is 6.71. The lowest BCUT2D eigenvalue weighted by molar-refractivity contribution is 0.947. The molecule has 1 aliphatic carbocycles. The topological polar surface area (TPSA) is 56.2 Å². The Labute approximate surface area is 117 Å². The molecule has 2 aromatic heterocycles. The Morgan fingerprint density at radius 3 is 2.94 bits per heavy atom. The minimum Gasteiger partial charge on any atom is -0.383 e. The van der Waals surface area contributed by atoms with E-state index in [0.717, 1.165) is 28.5 Å². The number of nitrogens with zero attached hydrogens (tertiary/aromatic N) is 3. The fourth-order valence-corrected chi connectivity index (χ4v) is 2.66. The smallest absolute Gasteiger partial charge is 0.173 e. The average Bonchev–Trinajstić information content (AvgIpc) is 2.73. The van der Waals surface area contributed by atoms with Crippen LogP contribution in [0, 0.1) is 0 Å². The van der Waals surface area contributed by atoms with Crippen LogP contribution >= 0.6 is 27.5 Å². The fourth-order valence-electron chi connectivity index (χ4n) is 2.03. The molecule has 3 rings (SSSR count). The van der Waals surface area contributed by atoms with Crippen LogP contribution in [0.4, 0.5) is 5.82 Å². The molecule has 2 N–H and O–H groups in total. The lowest BCUT2D eigenvalue weighted by Gasteiger charge is -2.12. The molecule has 6 heteroatoms. The molecule has 18 heavy (non-hydrogen) atoms. The molecule has 0 amide bonds. The van der Waals surface area contributed by atoms with E-state index in [1.165, 1.54) is 0 Å². The zero-order valence-electron chi connectivity index (χ0n) is 9.40. The highest BCUT2D eigenvalue weighted by Gasteiger charge is 2.17. The van der Waals surface area contributed by atoms with Gasteiger partial charge in [-0.15, -0.1) is 0 Å². The fraction of sp³-hybridized carbons (Fsp3) is 0.167. The van der Waals surface area contributed by atoms with Gasteiger partial charge in [-0.1, -0.05) is 29.8 Å². The largest absolute Gasteiger partial charge is 0.383 e. The van der Waals surface area contributed by atoms with E-state index in [0.29, 0.717) is 16.6 Å². The van der Waals surface area contributed by atoms with Gasteiger partial charge in [-0.25, -0.2) is 4.98 Å². The summed E-state index contributed by atoms with van der Waals surface area (Å²) >= 11 is 9.61. The van der Waals surface area contributed by atoms with Crippen molar-refractivity contribution in [3.05, 3.63) is 39.6 Å². The van der Waals surface area contributed by atoms with Crippen LogP contribution in [0.1, 0.15) is 18.4 Å². The number of hydrogen-bond acceptors (Lipinski definition) is 3. The Hall–Kier alpha value is -1.33. The molecular weight excluding hydrogens is 316 g/mol. The third kappa shape index (κ3) is 1.74. The second-order valence-electron chi connectivity index (χ2n) is 4.03. The van der Waals surface area contributed by atoms with Gasteiger partial charge in [0.1, 0.15) is 11.0 Å². The minimum atomic E-state index is 0.402. The second-order valence-corrected chi connectivity index (χ2v) is 5.24. The molecular formula is C12H10BrClN4. The summed E-state index contributed by atoms with van der Waals surface area (Å²) in [6, 6.07) is 0. The van der Waals surface area contributed by atoms with Crippen LogP contribution in [0.5, 0.6) is 0 Å². The molecule has 0 saturated heterocycles. The van der Waals surface area contributed by atoms with Gasteiger partial charge in [0.05, 0.1) is 16.2 Å². The summed E-state index contributed by atoms with van der Waals surface area (Å²) in [5, 5.41) is 4.59. The van der Waals surface area contributed by atoms with Crippen molar-refractivity contribution in [2.45, 2.75) is 12.8 Å². The molecule has 0 spiro atoms. The Morgan fingerprint density at radius 2 is 2.22 bits per heavy atom. The first-order chi connectivity index (χ1) is 8.68. The maximum absolute atomic E-state index is 6.24. The van der Waals surface area contributed by atoms with Crippen LogP contribution in [0.3, 0.4) is 0 Å². The van der Waals surface area contributed by atoms with Crippen LogP contribution in [-0.4, -0.2) is 14.6 Å². The molecule has 1 aliphatic rings. The van der Waals surface area contributed by atoms with Crippen molar-refractivity contribution < 1.29 is 0 Å². The molecule has 0 atom stereocenters. The van der Waals surface area contributed by atoms with Gasteiger partial charge >= 0.3 is 0 Å². The number of nitrogens with two attached hydrogens (primary N) is 1. The minimum absolute atomic E-state index is 0.402. The molecule has 0 aliphatic heterocycles. The van der Waals surface area contributed by atoms with Crippen molar-refractivity contribution in [1.29, 1.82) is 0 Å². The summed E-state index contributed by atoms with van der Waals surface area (Å²) in [7, 11) is 0. The standard InChI is InChI=1S/C12H10BrClN4/c13-8-6-16-18-11(15)9(10(14)17-12(8)18)7-4-2-1-3-5-7/h2,4-6H,1,3,15H2. The number of halogens is 2. The Bertz CT molecular complexity index is 687. The third-order valence-corrected chi connectivity index (χ3v) is 3.71. The molecule has 4 nitrogen and oxygen atoms in total. The van der Waals surface area contributed by atoms with Crippen LogP contribution in [0.25, 0.3) is 11.2 Å². The van der Waals surface area contributed by atoms with Crippen molar-refractivity contribution in [1.82, 2.24) is 14.6 Å². The SMILES string of the molecule is Nc1c(C2=CCCC=C2)c(Cl)nc2c(Br)cnn12. The Balaban J connectivity index is 2.29. The van der Waals surface area contributed by atoms with E-state index < -0.39 is 0 Å². The number of anilines is 1. The Morgan fingerprint density at radius 1 is 1.39 bits per heavy atom. The molecule has 0 unspecified atom stereocenters. The summed E-state index contributed by atoms with van der Waals surface area (Å²) in [5.74, 6) is 0.508. The zero-order valence-corrected chi connectivity index (χ0v) is 11.7. The number of allylic oxidation sites excluding steroid dienone is 4. The van der Waals surface area contributed by atoms with Crippen molar-refractivity contribution in [3.8, 4) is 0 Å². The summed E-state index contributed by atoms with van der Waals surface area (Å²) in [5.41, 5.74) is 8.52. The van der Waals surface area contributed by atoms with E-state index in [9.17, 15) is 0 Å². The van der Waals surface area contributed by atoms with Crippen molar-refractivity contribution in [2.24, 2.45) is 0 Å². The van der Waals surface area contributed by atoms with Gasteiger partial charge in [0, 0.05) is 0 Å². The first kappa shape index (κ1) is 11.7. The van der Waals surface area contributed by atoms with Gasteiger partial charge in [0.15, 0.2) is 5.65 Å². The van der Waals surface area contributed by atoms with Gasteiger partial charge in [0.25, 0.3) is 0 Å². The van der Waals surface area contributed by atoms with Gasteiger partial charge in [-0.2, -0.15) is 9.61 Å². The average molecular weight is 326 g/mol. The van der Waals surface area contributed by atoms with E-state index in [4.69, 9.17) is 17.3 Å². The summed E-state index contributed by atoms with van der Waals surface area (Å²) < 4.78 is 2.37. The van der Waals surface area contributed by atoms with E-state index in [2.05, 4.69) is 38.2 Å². The second kappa shape index (κ2) is 4.40. The molecule has 2 heterocycles. The van der Waals surface area contributed by atoms with Crippen molar-refractivity contribution >= 4 is 44.6 Å². The number of fused-ring (bicyclic) bond motifs is 1. The number of rotatable bonds is 1. The van der Waals surface area contributed by atoms with Crippen LogP contribution < -0.4 is 5.73 Å². The van der Waals surface area contributed by atoms with Crippen LogP contribution in [-0.2, 0) is 0 Å². The van der Waals surface area contributed by atoms with Gasteiger partial charge in [-0.3, -0.25) is 0 Å². The van der Waals surface area contributed by atoms with E-state index >= 15 is 0 Å². The van der Waals surface area contributed by atoms with Crippen molar-refractivity contribution in [2.75, 3.05) is 5.73 Å². The van der Waals surface area contributed by atoms with Gasteiger partial charge < -0.3 is 5.73 Å². The molecule has 0 bridgehead atoms. The maximum Gasteiger partial charge on any atom is 0.173 e. The zero-order chi connectivity index (χ0) is 12.7. The number of aromatic nitrogens is 3. The molecule has 0 saturated carbocycles. The van der Waals surface area contributed by atoms with E-state index in [-0.39, 0.29) is 0 Å². The highest BCUT2D eigenvalue weighted by atomic mass is 79.9. The molecule has 0 radical (unpaired) electrons. The quantitative estimate of drug-likeness (QED) is 0.817. The summed E-state index contributed by atoms with van der Waals surface area (Å²) in [6.07, 6.45) is 9.93. The highest BCUT2D eigenvalue weighted by molar-refractivity contribution is 9.10. The predicted molar refractivity (Wildman–Crippen MR) is 76.5 cm³/mol. The van der Waals surface area contributed by atoms with Gasteiger partial charge in [0.2, 0.25) is 0 Å². The number of hydrogen-bond donors (Lipinski definition) is 1. The van der Waals surface area contributed by atoms with Crippen molar-refractivity contribution in [3.63, 3.8) is 0 Å². The van der Waals surface area contributed by atoms with E-state index in [1.54, 1.807) is 10.7 Å². The Kier molecular flexibility index (Phi) is 2.87. The van der Waals surface area contributed by atoms with Crippen LogP contribution in [0.15, 0.2) is 28.9 Å². The monoisotopic (exact) mass is 324 g/mol. The maximum atomic E-state index is 6.24. The van der Waals surface area contributed by atoms with Crippen LogP contribution in [0.2, 0.25) is 5.15 Å². The summed E-state index contributed by atoms with van der Waals surface area (Å²) in [4.78, 5) is 4.34. The number of nitrogen functional groups attached to an aromatic ring is 1. The lowest BCUT2D eigenvalue weighted by atomic mass is 10.0. The molecule has 0 fully saturated rings. The lowest BCUT2D eigenvalue weighted by Crippen LogP contribution is -2.06. The predicted octanol–water partition coefficient (Wildman–Crippen LogP) is 3.46. The first-order valence-electron chi connectivity index (χ1n) is 5.54. The van der Waals surface area contributed by atoms with Gasteiger partial charge in [-0.05, 0) is 34.3 Å². The normalized spacial score (nSPS) is 15.1.